The lowest BCUT2D eigenvalue weighted by molar-refractivity contribution is -0.147. The van der Waals surface area contributed by atoms with Gasteiger partial charge in [0.2, 0.25) is 5.91 Å². The summed E-state index contributed by atoms with van der Waals surface area (Å²) in [4.78, 5) is 21.7. The van der Waals surface area contributed by atoms with Gasteiger partial charge in [0.25, 0.3) is 0 Å². The van der Waals surface area contributed by atoms with Crippen molar-refractivity contribution >= 4 is 11.9 Å². The third kappa shape index (κ3) is 3.95. The maximum absolute atomic E-state index is 11.1. The Morgan fingerprint density at radius 3 is 2.33 bits per heavy atom. The number of carbonyl (C=O) groups excluding carboxylic acids is 2. The maximum atomic E-state index is 11.1. The molecule has 0 radical (unpaired) electrons. The van der Waals surface area contributed by atoms with E-state index in [4.69, 9.17) is 4.74 Å². The molecule has 0 saturated heterocycles. The molecule has 0 fully saturated rings. The Balaban J connectivity index is 3.96. The summed E-state index contributed by atoms with van der Waals surface area (Å²) in [6, 6.07) is -0.498. The number of nitrogens with one attached hydrogen (secondary N) is 1. The summed E-state index contributed by atoms with van der Waals surface area (Å²) in [6.07, 6.45) is 0.554. The number of esters is 1. The molecule has 0 rings (SSSR count). The van der Waals surface area contributed by atoms with Crippen LogP contribution in [0.4, 0.5) is 0 Å². The SMILES string of the molecule is CCOC(=O)[C@H](CC)NC(C)=O. The van der Waals surface area contributed by atoms with E-state index in [0.29, 0.717) is 13.0 Å². The van der Waals surface area contributed by atoms with Gasteiger partial charge in [-0.3, -0.25) is 4.79 Å². The van der Waals surface area contributed by atoms with E-state index in [2.05, 4.69) is 5.32 Å². The first-order chi connectivity index (χ1) is 5.61. The highest BCUT2D eigenvalue weighted by Gasteiger charge is 2.17. The maximum Gasteiger partial charge on any atom is 0.328 e. The highest BCUT2D eigenvalue weighted by molar-refractivity contribution is 5.83. The average Bonchev–Trinajstić information content (AvgIpc) is 2.00. The molecule has 0 bridgehead atoms. The van der Waals surface area contributed by atoms with Crippen molar-refractivity contribution < 1.29 is 14.3 Å². The smallest absolute Gasteiger partial charge is 0.328 e. The summed E-state index contributed by atoms with van der Waals surface area (Å²) in [7, 11) is 0. The predicted molar refractivity (Wildman–Crippen MR) is 44.5 cm³/mol. The number of hydrogen-bond acceptors (Lipinski definition) is 3. The lowest BCUT2D eigenvalue weighted by Crippen LogP contribution is -2.40. The van der Waals surface area contributed by atoms with Crippen molar-refractivity contribution in [3.8, 4) is 0 Å². The van der Waals surface area contributed by atoms with Crippen molar-refractivity contribution in [3.63, 3.8) is 0 Å². The van der Waals surface area contributed by atoms with Gasteiger partial charge in [0.1, 0.15) is 6.04 Å². The predicted octanol–water partition coefficient (Wildman–Crippen LogP) is 0.464. The molecule has 0 aromatic carbocycles. The summed E-state index contributed by atoms with van der Waals surface area (Å²) < 4.78 is 4.74. The van der Waals surface area contributed by atoms with Crippen LogP contribution in [-0.2, 0) is 14.3 Å². The van der Waals surface area contributed by atoms with Crippen molar-refractivity contribution in [1.82, 2.24) is 5.32 Å². The highest BCUT2D eigenvalue weighted by Crippen LogP contribution is 1.94. The van der Waals surface area contributed by atoms with E-state index >= 15 is 0 Å². The van der Waals surface area contributed by atoms with E-state index in [0.717, 1.165) is 0 Å². The van der Waals surface area contributed by atoms with Gasteiger partial charge in [-0.15, -0.1) is 0 Å². The molecule has 12 heavy (non-hydrogen) atoms. The van der Waals surface area contributed by atoms with Crippen LogP contribution in [0.15, 0.2) is 0 Å². The van der Waals surface area contributed by atoms with Crippen LogP contribution in [0.2, 0.25) is 0 Å². The Kier molecular flexibility index (Phi) is 5.08. The van der Waals surface area contributed by atoms with Gasteiger partial charge in [-0.2, -0.15) is 0 Å². The molecule has 0 aromatic rings. The Morgan fingerprint density at radius 2 is 2.00 bits per heavy atom. The lowest BCUT2D eigenvalue weighted by atomic mass is 10.2. The Hall–Kier alpha value is -1.06. The second-order valence-electron chi connectivity index (χ2n) is 2.41. The van der Waals surface area contributed by atoms with Crippen molar-refractivity contribution in [2.45, 2.75) is 33.2 Å². The summed E-state index contributed by atoms with van der Waals surface area (Å²) in [5.74, 6) is -0.579. The Morgan fingerprint density at radius 1 is 1.42 bits per heavy atom. The number of rotatable bonds is 4. The van der Waals surface area contributed by atoms with Gasteiger partial charge in [0, 0.05) is 6.92 Å². The van der Waals surface area contributed by atoms with Crippen LogP contribution in [0.5, 0.6) is 0 Å². The summed E-state index contributed by atoms with van der Waals surface area (Å²) in [5, 5.41) is 2.50. The number of amides is 1. The zero-order valence-electron chi connectivity index (χ0n) is 7.72. The van der Waals surface area contributed by atoms with Crippen molar-refractivity contribution in [1.29, 1.82) is 0 Å². The van der Waals surface area contributed by atoms with Crippen LogP contribution in [0.3, 0.4) is 0 Å². The number of ether oxygens (including phenoxy) is 1. The molecule has 0 heterocycles. The molecule has 0 aliphatic carbocycles. The van der Waals surface area contributed by atoms with Crippen LogP contribution in [0.25, 0.3) is 0 Å². The fourth-order valence-corrected chi connectivity index (χ4v) is 0.816. The largest absolute Gasteiger partial charge is 0.464 e. The minimum Gasteiger partial charge on any atom is -0.464 e. The summed E-state index contributed by atoms with van der Waals surface area (Å²) >= 11 is 0. The molecule has 70 valence electrons. The van der Waals surface area contributed by atoms with E-state index in [-0.39, 0.29) is 11.9 Å². The fraction of sp³-hybridized carbons (Fsp3) is 0.750. The van der Waals surface area contributed by atoms with Crippen molar-refractivity contribution in [2.75, 3.05) is 6.61 Å². The molecule has 0 aromatic heterocycles. The van der Waals surface area contributed by atoms with E-state index in [1.165, 1.54) is 6.92 Å². The zero-order valence-corrected chi connectivity index (χ0v) is 7.72. The number of carbonyl (C=O) groups is 2. The zero-order chi connectivity index (χ0) is 9.56. The van der Waals surface area contributed by atoms with Gasteiger partial charge in [0.15, 0.2) is 0 Å². The molecule has 0 saturated carbocycles. The monoisotopic (exact) mass is 173 g/mol. The molecule has 1 atom stereocenters. The third-order valence-corrected chi connectivity index (χ3v) is 1.36. The summed E-state index contributed by atoms with van der Waals surface area (Å²) in [6.45, 7) is 5.27. The topological polar surface area (TPSA) is 55.4 Å². The normalized spacial score (nSPS) is 11.9. The average molecular weight is 173 g/mol. The Labute approximate surface area is 72.3 Å². The molecule has 0 aliphatic heterocycles. The fourth-order valence-electron chi connectivity index (χ4n) is 0.816. The van der Waals surface area contributed by atoms with Crippen molar-refractivity contribution in [3.05, 3.63) is 0 Å². The molecule has 0 unspecified atom stereocenters. The van der Waals surface area contributed by atoms with Gasteiger partial charge in [-0.05, 0) is 13.3 Å². The van der Waals surface area contributed by atoms with Gasteiger partial charge >= 0.3 is 5.97 Å². The van der Waals surface area contributed by atoms with E-state index < -0.39 is 6.04 Å². The minimum absolute atomic E-state index is 0.213. The molecule has 4 nitrogen and oxygen atoms in total. The molecular weight excluding hydrogens is 158 g/mol. The first kappa shape index (κ1) is 10.9. The first-order valence-electron chi connectivity index (χ1n) is 4.05. The minimum atomic E-state index is -0.498. The molecule has 1 amide bonds. The van der Waals surface area contributed by atoms with E-state index in [1.54, 1.807) is 6.92 Å². The molecule has 4 heteroatoms. The van der Waals surface area contributed by atoms with Crippen LogP contribution < -0.4 is 5.32 Å². The molecular formula is C8H15NO3. The second-order valence-corrected chi connectivity index (χ2v) is 2.41. The van der Waals surface area contributed by atoms with Gasteiger partial charge < -0.3 is 10.1 Å². The Bertz CT molecular complexity index is 168. The molecule has 1 N–H and O–H groups in total. The van der Waals surface area contributed by atoms with E-state index in [1.807, 2.05) is 6.92 Å². The molecule has 0 aliphatic rings. The lowest BCUT2D eigenvalue weighted by Gasteiger charge is -2.13. The van der Waals surface area contributed by atoms with Gasteiger partial charge in [-0.25, -0.2) is 4.79 Å². The molecule has 0 spiro atoms. The van der Waals surface area contributed by atoms with Crippen LogP contribution >= 0.6 is 0 Å². The first-order valence-corrected chi connectivity index (χ1v) is 4.05. The second kappa shape index (κ2) is 5.57. The van der Waals surface area contributed by atoms with E-state index in [9.17, 15) is 9.59 Å². The van der Waals surface area contributed by atoms with Crippen LogP contribution in [-0.4, -0.2) is 24.5 Å². The standard InChI is InChI=1S/C8H15NO3/c1-4-7(9-6(3)10)8(11)12-5-2/h7H,4-5H2,1-3H3,(H,9,10)/t7-/m0/s1. The van der Waals surface area contributed by atoms with Crippen molar-refractivity contribution in [2.24, 2.45) is 0 Å². The summed E-state index contributed by atoms with van der Waals surface area (Å²) in [5.41, 5.74) is 0. The van der Waals surface area contributed by atoms with Crippen LogP contribution in [0, 0.1) is 0 Å². The third-order valence-electron chi connectivity index (χ3n) is 1.36. The van der Waals surface area contributed by atoms with Crippen LogP contribution in [0.1, 0.15) is 27.2 Å². The van der Waals surface area contributed by atoms with Gasteiger partial charge in [0.05, 0.1) is 6.61 Å². The quantitative estimate of drug-likeness (QED) is 0.628. The van der Waals surface area contributed by atoms with Gasteiger partial charge in [-0.1, -0.05) is 6.92 Å². The highest BCUT2D eigenvalue weighted by atomic mass is 16.5. The number of hydrogen-bond donors (Lipinski definition) is 1.